The molecule has 1 saturated heterocycles. The highest BCUT2D eigenvalue weighted by atomic mass is 16.5. The fourth-order valence-electron chi connectivity index (χ4n) is 2.41. The summed E-state index contributed by atoms with van der Waals surface area (Å²) in [5.41, 5.74) is 0.881. The largest absolute Gasteiger partial charge is 0.497 e. The molecule has 0 spiro atoms. The lowest BCUT2D eigenvalue weighted by Gasteiger charge is -2.14. The van der Waals surface area contributed by atoms with Gasteiger partial charge in [-0.15, -0.1) is 0 Å². The van der Waals surface area contributed by atoms with Crippen LogP contribution < -0.4 is 20.1 Å². The Balaban J connectivity index is 1.94. The molecule has 1 aliphatic rings. The van der Waals surface area contributed by atoms with E-state index in [1.165, 1.54) is 0 Å². The number of carbonyl (C=O) groups excluding carboxylic acids is 1. The van der Waals surface area contributed by atoms with Crippen LogP contribution in [-0.4, -0.2) is 45.9 Å². The summed E-state index contributed by atoms with van der Waals surface area (Å²) in [6, 6.07) is 5.31. The van der Waals surface area contributed by atoms with Crippen LogP contribution in [0.4, 0.5) is 0 Å². The van der Waals surface area contributed by atoms with Crippen LogP contribution in [0.2, 0.25) is 0 Å². The number of nitrogens with one attached hydrogen (secondary N) is 2. The molecule has 1 aromatic rings. The summed E-state index contributed by atoms with van der Waals surface area (Å²) in [4.78, 5) is 12.1. The minimum atomic E-state index is -0.202. The second-order valence-electron chi connectivity index (χ2n) is 4.95. The smallest absolute Gasteiger partial charge is 0.237 e. The number of ether oxygens (including phenoxy) is 3. The molecule has 1 aromatic carbocycles. The number of amides is 1. The Kier molecular flexibility index (Phi) is 5.41. The molecule has 2 N–H and O–H groups in total. The Bertz CT molecular complexity index is 493. The molecule has 6 nitrogen and oxygen atoms in total. The van der Waals surface area contributed by atoms with Gasteiger partial charge in [0.1, 0.15) is 11.5 Å². The molecule has 2 unspecified atom stereocenters. The van der Waals surface area contributed by atoms with Crippen LogP contribution in [0, 0.1) is 0 Å². The van der Waals surface area contributed by atoms with Crippen molar-refractivity contribution in [3.05, 3.63) is 23.8 Å². The number of hydrogen-bond donors (Lipinski definition) is 2. The van der Waals surface area contributed by atoms with Crippen molar-refractivity contribution in [1.82, 2.24) is 10.6 Å². The van der Waals surface area contributed by atoms with E-state index in [1.807, 2.05) is 18.2 Å². The quantitative estimate of drug-likeness (QED) is 0.808. The normalized spacial score (nSPS) is 21.1. The van der Waals surface area contributed by atoms with Gasteiger partial charge in [-0.2, -0.15) is 0 Å². The zero-order chi connectivity index (χ0) is 15.2. The molecule has 2 rings (SSSR count). The predicted molar refractivity (Wildman–Crippen MR) is 78.6 cm³/mol. The summed E-state index contributed by atoms with van der Waals surface area (Å²) in [6.07, 6.45) is 0.796. The van der Waals surface area contributed by atoms with Crippen molar-refractivity contribution in [3.8, 4) is 11.5 Å². The van der Waals surface area contributed by atoms with Crippen LogP contribution in [0.5, 0.6) is 11.5 Å². The van der Waals surface area contributed by atoms with Gasteiger partial charge in [-0.3, -0.25) is 4.79 Å². The lowest BCUT2D eigenvalue weighted by Crippen LogP contribution is -2.40. The first-order valence-electron chi connectivity index (χ1n) is 6.92. The van der Waals surface area contributed by atoms with Gasteiger partial charge in [0.15, 0.2) is 0 Å². The topological polar surface area (TPSA) is 68.8 Å². The summed E-state index contributed by atoms with van der Waals surface area (Å²) in [6.45, 7) is 1.10. The van der Waals surface area contributed by atoms with E-state index in [2.05, 4.69) is 10.6 Å². The van der Waals surface area contributed by atoms with E-state index < -0.39 is 0 Å². The average Bonchev–Trinajstić information content (AvgIpc) is 3.01. The van der Waals surface area contributed by atoms with Crippen molar-refractivity contribution in [3.63, 3.8) is 0 Å². The van der Waals surface area contributed by atoms with Gasteiger partial charge in [0.25, 0.3) is 0 Å². The zero-order valence-electron chi connectivity index (χ0n) is 12.6. The number of carbonyl (C=O) groups is 1. The molecule has 0 radical (unpaired) electrons. The van der Waals surface area contributed by atoms with Crippen molar-refractivity contribution in [2.45, 2.75) is 25.1 Å². The first kappa shape index (κ1) is 15.6. The summed E-state index contributed by atoms with van der Waals surface area (Å²) >= 11 is 0. The fourth-order valence-corrected chi connectivity index (χ4v) is 2.41. The highest BCUT2D eigenvalue weighted by molar-refractivity contribution is 5.82. The number of methoxy groups -OCH3 is 3. The number of hydrogen-bond acceptors (Lipinski definition) is 5. The van der Waals surface area contributed by atoms with E-state index in [-0.39, 0.29) is 18.1 Å². The van der Waals surface area contributed by atoms with Gasteiger partial charge >= 0.3 is 0 Å². The molecule has 1 fully saturated rings. The SMILES string of the molecule is COc1ccc(OC)c(CNC(=O)C2CC(OC)CN2)c1. The van der Waals surface area contributed by atoms with Crippen molar-refractivity contribution in [1.29, 1.82) is 0 Å². The average molecular weight is 294 g/mol. The van der Waals surface area contributed by atoms with E-state index in [9.17, 15) is 4.79 Å². The van der Waals surface area contributed by atoms with Crippen molar-refractivity contribution < 1.29 is 19.0 Å². The van der Waals surface area contributed by atoms with Gasteiger partial charge in [-0.05, 0) is 24.6 Å². The Hall–Kier alpha value is -1.79. The fraction of sp³-hybridized carbons (Fsp3) is 0.533. The summed E-state index contributed by atoms with van der Waals surface area (Å²) in [5.74, 6) is 1.43. The molecular weight excluding hydrogens is 272 g/mol. The van der Waals surface area contributed by atoms with Gasteiger partial charge in [0, 0.05) is 25.8 Å². The Morgan fingerprint density at radius 3 is 2.76 bits per heavy atom. The highest BCUT2D eigenvalue weighted by Gasteiger charge is 2.29. The van der Waals surface area contributed by atoms with E-state index >= 15 is 0 Å². The Labute approximate surface area is 124 Å². The minimum Gasteiger partial charge on any atom is -0.497 e. The van der Waals surface area contributed by atoms with Gasteiger partial charge in [0.2, 0.25) is 5.91 Å². The van der Waals surface area contributed by atoms with Crippen molar-refractivity contribution in [2.24, 2.45) is 0 Å². The first-order valence-corrected chi connectivity index (χ1v) is 6.92. The van der Waals surface area contributed by atoms with E-state index in [0.717, 1.165) is 17.1 Å². The molecule has 1 heterocycles. The lowest BCUT2D eigenvalue weighted by atomic mass is 10.1. The van der Waals surface area contributed by atoms with Gasteiger partial charge in [-0.25, -0.2) is 0 Å². The molecule has 2 atom stereocenters. The standard InChI is InChI=1S/C15H22N2O4/c1-19-11-4-5-14(21-3)10(6-11)8-17-15(18)13-7-12(20-2)9-16-13/h4-6,12-13,16H,7-9H2,1-3H3,(H,17,18). The molecule has 21 heavy (non-hydrogen) atoms. The maximum absolute atomic E-state index is 12.1. The number of rotatable bonds is 6. The van der Waals surface area contributed by atoms with Gasteiger partial charge < -0.3 is 24.8 Å². The van der Waals surface area contributed by atoms with Crippen LogP contribution in [-0.2, 0) is 16.1 Å². The van der Waals surface area contributed by atoms with Crippen LogP contribution in [0.25, 0.3) is 0 Å². The second kappa shape index (κ2) is 7.28. The monoisotopic (exact) mass is 294 g/mol. The molecular formula is C15H22N2O4. The zero-order valence-corrected chi connectivity index (χ0v) is 12.6. The van der Waals surface area contributed by atoms with Crippen LogP contribution in [0.1, 0.15) is 12.0 Å². The van der Waals surface area contributed by atoms with Crippen LogP contribution in [0.15, 0.2) is 18.2 Å². The first-order chi connectivity index (χ1) is 10.2. The summed E-state index contributed by atoms with van der Waals surface area (Å²) in [7, 11) is 4.88. The maximum Gasteiger partial charge on any atom is 0.237 e. The Morgan fingerprint density at radius 1 is 1.33 bits per heavy atom. The molecule has 1 aliphatic heterocycles. The summed E-state index contributed by atoms with van der Waals surface area (Å²) < 4.78 is 15.7. The molecule has 0 aromatic heterocycles. The van der Waals surface area contributed by atoms with Crippen LogP contribution >= 0.6 is 0 Å². The third-order valence-electron chi connectivity index (χ3n) is 3.68. The van der Waals surface area contributed by atoms with Crippen LogP contribution in [0.3, 0.4) is 0 Å². The third kappa shape index (κ3) is 3.86. The molecule has 116 valence electrons. The highest BCUT2D eigenvalue weighted by Crippen LogP contribution is 2.23. The molecule has 0 saturated carbocycles. The van der Waals surface area contributed by atoms with Gasteiger partial charge in [-0.1, -0.05) is 0 Å². The number of benzene rings is 1. The van der Waals surface area contributed by atoms with Crippen molar-refractivity contribution >= 4 is 5.91 Å². The third-order valence-corrected chi connectivity index (χ3v) is 3.68. The molecule has 1 amide bonds. The lowest BCUT2D eigenvalue weighted by molar-refractivity contribution is -0.123. The van der Waals surface area contributed by atoms with Gasteiger partial charge in [0.05, 0.1) is 26.4 Å². The Morgan fingerprint density at radius 2 is 2.14 bits per heavy atom. The molecule has 0 aliphatic carbocycles. The van der Waals surface area contributed by atoms with E-state index in [4.69, 9.17) is 14.2 Å². The maximum atomic E-state index is 12.1. The second-order valence-corrected chi connectivity index (χ2v) is 4.95. The van der Waals surface area contributed by atoms with E-state index in [1.54, 1.807) is 21.3 Å². The summed E-state index contributed by atoms with van der Waals surface area (Å²) in [5, 5.41) is 6.07. The minimum absolute atomic E-state index is 0.0283. The predicted octanol–water partition coefficient (Wildman–Crippen LogP) is 0.697. The van der Waals surface area contributed by atoms with Crippen molar-refractivity contribution in [2.75, 3.05) is 27.9 Å². The molecule has 6 heteroatoms. The molecule has 0 bridgehead atoms. The van der Waals surface area contributed by atoms with E-state index in [0.29, 0.717) is 19.5 Å².